The Morgan fingerprint density at radius 3 is 2.38 bits per heavy atom. The van der Waals surface area contributed by atoms with Crippen molar-refractivity contribution in [2.75, 3.05) is 40.3 Å². The summed E-state index contributed by atoms with van der Waals surface area (Å²) in [5, 5.41) is 11.9. The molecule has 1 fully saturated rings. The van der Waals surface area contributed by atoms with E-state index >= 15 is 0 Å². The van der Waals surface area contributed by atoms with Crippen LogP contribution in [0.5, 0.6) is 0 Å². The third kappa shape index (κ3) is 5.91. The van der Waals surface area contributed by atoms with Gasteiger partial charge in [0.1, 0.15) is 0 Å². The lowest BCUT2D eigenvalue weighted by Crippen LogP contribution is -2.45. The largest absolute Gasteiger partial charge is 0.481 e. The summed E-state index contributed by atoms with van der Waals surface area (Å²) in [7, 11) is 3.89. The third-order valence-electron chi connectivity index (χ3n) is 4.31. The molecule has 1 aliphatic heterocycles. The molecule has 1 heterocycles. The highest BCUT2D eigenvalue weighted by molar-refractivity contribution is 5.75. The first-order valence-corrected chi connectivity index (χ1v) is 7.71. The number of likely N-dealkylation sites (tertiary alicyclic amines) is 1. The summed E-state index contributed by atoms with van der Waals surface area (Å²) in [4.78, 5) is 27.1. The van der Waals surface area contributed by atoms with Crippen LogP contribution in [0, 0.1) is 17.8 Å². The van der Waals surface area contributed by atoms with Crippen LogP contribution in [0.4, 0.5) is 4.79 Å². The van der Waals surface area contributed by atoms with Crippen molar-refractivity contribution in [3.63, 3.8) is 0 Å². The number of amides is 2. The Morgan fingerprint density at radius 2 is 1.90 bits per heavy atom. The van der Waals surface area contributed by atoms with E-state index in [0.717, 1.165) is 32.5 Å². The fourth-order valence-corrected chi connectivity index (χ4v) is 2.66. The molecule has 21 heavy (non-hydrogen) atoms. The van der Waals surface area contributed by atoms with Crippen LogP contribution < -0.4 is 5.32 Å². The number of nitrogens with one attached hydrogen (secondary N) is 1. The number of carboxylic acid groups (broad SMARTS) is 1. The van der Waals surface area contributed by atoms with Crippen molar-refractivity contribution < 1.29 is 14.7 Å². The van der Waals surface area contributed by atoms with Gasteiger partial charge in [-0.3, -0.25) is 4.79 Å². The van der Waals surface area contributed by atoms with E-state index in [0.29, 0.717) is 5.92 Å². The highest BCUT2D eigenvalue weighted by atomic mass is 16.4. The molecule has 2 amide bonds. The second kappa shape index (κ2) is 8.22. The molecule has 6 heteroatoms. The molecule has 0 aromatic heterocycles. The van der Waals surface area contributed by atoms with E-state index < -0.39 is 11.9 Å². The van der Waals surface area contributed by atoms with Crippen molar-refractivity contribution in [3.8, 4) is 0 Å². The lowest BCUT2D eigenvalue weighted by Gasteiger charge is -2.31. The van der Waals surface area contributed by atoms with Gasteiger partial charge in [-0.15, -0.1) is 0 Å². The maximum Gasteiger partial charge on any atom is 0.317 e. The molecule has 0 aliphatic carbocycles. The van der Waals surface area contributed by atoms with Crippen LogP contribution in [0.3, 0.4) is 0 Å². The highest BCUT2D eigenvalue weighted by Crippen LogP contribution is 2.17. The molecule has 0 aromatic rings. The van der Waals surface area contributed by atoms with Crippen LogP contribution >= 0.6 is 0 Å². The number of rotatable bonds is 6. The van der Waals surface area contributed by atoms with E-state index in [4.69, 9.17) is 5.11 Å². The standard InChI is InChI=1S/C15H29N3O3/c1-11(2)13(14(19)20)9-16-15(21)18(4)10-12-5-7-17(3)8-6-12/h11-13H,5-10H2,1-4H3,(H,16,21)(H,19,20). The third-order valence-corrected chi connectivity index (χ3v) is 4.31. The Hall–Kier alpha value is -1.30. The molecule has 122 valence electrons. The van der Waals surface area contributed by atoms with Crippen LogP contribution in [0.1, 0.15) is 26.7 Å². The molecule has 1 unspecified atom stereocenters. The lowest BCUT2D eigenvalue weighted by molar-refractivity contribution is -0.142. The number of carboxylic acids is 1. The second-order valence-electron chi connectivity index (χ2n) is 6.50. The van der Waals surface area contributed by atoms with Crippen LogP contribution in [0.2, 0.25) is 0 Å². The first-order valence-electron chi connectivity index (χ1n) is 7.71. The van der Waals surface area contributed by atoms with Crippen LogP contribution in [0.15, 0.2) is 0 Å². The molecule has 0 bridgehead atoms. The Labute approximate surface area is 127 Å². The fraction of sp³-hybridized carbons (Fsp3) is 0.867. The molecule has 0 saturated carbocycles. The van der Waals surface area contributed by atoms with Gasteiger partial charge in [0, 0.05) is 20.1 Å². The maximum atomic E-state index is 12.0. The van der Waals surface area contributed by atoms with Crippen molar-refractivity contribution in [2.24, 2.45) is 17.8 Å². The van der Waals surface area contributed by atoms with E-state index in [-0.39, 0.29) is 18.5 Å². The Kier molecular flexibility index (Phi) is 6.95. The van der Waals surface area contributed by atoms with Gasteiger partial charge < -0.3 is 20.2 Å². The number of carbonyl (C=O) groups is 2. The topological polar surface area (TPSA) is 72.9 Å². The van der Waals surface area contributed by atoms with E-state index in [1.165, 1.54) is 0 Å². The number of aliphatic carboxylic acids is 1. The molecule has 0 aromatic carbocycles. The van der Waals surface area contributed by atoms with E-state index in [2.05, 4.69) is 17.3 Å². The quantitative estimate of drug-likeness (QED) is 0.776. The Bertz CT molecular complexity index is 352. The van der Waals surface area contributed by atoms with Crippen molar-refractivity contribution in [1.82, 2.24) is 15.1 Å². The number of hydrogen-bond acceptors (Lipinski definition) is 3. The van der Waals surface area contributed by atoms with Crippen molar-refractivity contribution in [1.29, 1.82) is 0 Å². The molecule has 1 atom stereocenters. The van der Waals surface area contributed by atoms with Gasteiger partial charge >= 0.3 is 12.0 Å². The summed E-state index contributed by atoms with van der Waals surface area (Å²) in [5.74, 6) is -0.853. The van der Waals surface area contributed by atoms with E-state index in [9.17, 15) is 9.59 Å². The average molecular weight is 299 g/mol. The zero-order valence-electron chi connectivity index (χ0n) is 13.6. The van der Waals surface area contributed by atoms with Crippen molar-refractivity contribution in [3.05, 3.63) is 0 Å². The van der Waals surface area contributed by atoms with Crippen molar-refractivity contribution >= 4 is 12.0 Å². The molecule has 1 aliphatic rings. The van der Waals surface area contributed by atoms with Crippen LogP contribution in [0.25, 0.3) is 0 Å². The van der Waals surface area contributed by atoms with Gasteiger partial charge in [-0.25, -0.2) is 4.79 Å². The highest BCUT2D eigenvalue weighted by Gasteiger charge is 2.24. The minimum absolute atomic E-state index is 0.00184. The Balaban J connectivity index is 2.35. The average Bonchev–Trinajstić information content (AvgIpc) is 2.40. The van der Waals surface area contributed by atoms with Crippen molar-refractivity contribution in [2.45, 2.75) is 26.7 Å². The maximum absolute atomic E-state index is 12.0. The number of urea groups is 1. The molecule has 1 rings (SSSR count). The normalized spacial score (nSPS) is 18.5. The predicted molar refractivity (Wildman–Crippen MR) is 82.2 cm³/mol. The molecular weight excluding hydrogens is 270 g/mol. The molecule has 6 nitrogen and oxygen atoms in total. The summed E-state index contributed by atoms with van der Waals surface area (Å²) in [6.07, 6.45) is 2.22. The monoisotopic (exact) mass is 299 g/mol. The zero-order chi connectivity index (χ0) is 16.0. The molecular formula is C15H29N3O3. The zero-order valence-corrected chi connectivity index (χ0v) is 13.6. The van der Waals surface area contributed by atoms with Crippen LogP contribution in [-0.2, 0) is 4.79 Å². The molecule has 1 saturated heterocycles. The summed E-state index contributed by atoms with van der Waals surface area (Å²) in [5.41, 5.74) is 0. The SMILES string of the molecule is CC(C)C(CNC(=O)N(C)CC1CCN(C)CC1)C(=O)O. The first kappa shape index (κ1) is 17.8. The summed E-state index contributed by atoms with van der Waals surface area (Å²) in [6, 6.07) is -0.180. The van der Waals surface area contributed by atoms with Crippen LogP contribution in [-0.4, -0.2) is 67.2 Å². The minimum Gasteiger partial charge on any atom is -0.481 e. The summed E-state index contributed by atoms with van der Waals surface area (Å²) < 4.78 is 0. The minimum atomic E-state index is -0.858. The fourth-order valence-electron chi connectivity index (χ4n) is 2.66. The van der Waals surface area contributed by atoms with Gasteiger partial charge in [0.25, 0.3) is 0 Å². The van der Waals surface area contributed by atoms with E-state index in [1.54, 1.807) is 11.9 Å². The number of carbonyl (C=O) groups excluding carboxylic acids is 1. The first-order chi connectivity index (χ1) is 9.81. The van der Waals surface area contributed by atoms with Gasteiger partial charge in [-0.1, -0.05) is 13.8 Å². The molecule has 2 N–H and O–H groups in total. The molecule has 0 spiro atoms. The van der Waals surface area contributed by atoms with E-state index in [1.807, 2.05) is 13.8 Å². The van der Waals surface area contributed by atoms with Gasteiger partial charge in [0.2, 0.25) is 0 Å². The number of hydrogen-bond donors (Lipinski definition) is 2. The number of piperidine rings is 1. The Morgan fingerprint density at radius 1 is 1.33 bits per heavy atom. The lowest BCUT2D eigenvalue weighted by atomic mass is 9.96. The smallest absolute Gasteiger partial charge is 0.317 e. The number of nitrogens with zero attached hydrogens (tertiary/aromatic N) is 2. The van der Waals surface area contributed by atoms with Gasteiger partial charge in [-0.05, 0) is 44.8 Å². The van der Waals surface area contributed by atoms with Gasteiger partial charge in [-0.2, -0.15) is 0 Å². The van der Waals surface area contributed by atoms with Gasteiger partial charge in [0.15, 0.2) is 0 Å². The predicted octanol–water partition coefficient (Wildman–Crippen LogP) is 1.33. The summed E-state index contributed by atoms with van der Waals surface area (Å²) >= 11 is 0. The molecule has 0 radical (unpaired) electrons. The van der Waals surface area contributed by atoms with Gasteiger partial charge in [0.05, 0.1) is 5.92 Å². The summed E-state index contributed by atoms with van der Waals surface area (Å²) in [6.45, 7) is 6.78. The second-order valence-corrected chi connectivity index (χ2v) is 6.50.